The third-order valence-electron chi connectivity index (χ3n) is 2.72. The van der Waals surface area contributed by atoms with Crippen molar-refractivity contribution in [3.63, 3.8) is 0 Å². The number of carbonyl (C=O) groups is 1. The third kappa shape index (κ3) is 3.04. The van der Waals surface area contributed by atoms with Gasteiger partial charge < -0.3 is 15.5 Å². The van der Waals surface area contributed by atoms with Gasteiger partial charge in [0.2, 0.25) is 0 Å². The highest BCUT2D eigenvalue weighted by molar-refractivity contribution is 5.95. The minimum atomic E-state index is -0.366. The molecule has 100 valence electrons. The average Bonchev–Trinajstić information content (AvgIpc) is 2.63. The first kappa shape index (κ1) is 12.9. The predicted molar refractivity (Wildman–Crippen MR) is 68.9 cm³/mol. The summed E-state index contributed by atoms with van der Waals surface area (Å²) in [5.41, 5.74) is 1.97. The van der Waals surface area contributed by atoms with Gasteiger partial charge in [0.25, 0.3) is 5.91 Å². The zero-order chi connectivity index (χ0) is 14.0. The first-order valence-electron chi connectivity index (χ1n) is 5.76. The molecule has 0 aliphatic heterocycles. The summed E-state index contributed by atoms with van der Waals surface area (Å²) in [6, 6.07) is 3.76. The molecule has 3 N–H and O–H groups in total. The molecule has 0 saturated carbocycles. The van der Waals surface area contributed by atoms with Crippen molar-refractivity contribution in [1.29, 1.82) is 0 Å². The number of aromatic hydroxyl groups is 2. The SMILES string of the molecule is Cc1nn(C)cc1CNC(=O)c1cc(O)cc(O)c1. The van der Waals surface area contributed by atoms with Crippen molar-refractivity contribution in [3.05, 3.63) is 41.2 Å². The van der Waals surface area contributed by atoms with Crippen LogP contribution in [0.3, 0.4) is 0 Å². The van der Waals surface area contributed by atoms with Crippen LogP contribution in [-0.2, 0) is 13.6 Å². The molecule has 6 nitrogen and oxygen atoms in total. The third-order valence-corrected chi connectivity index (χ3v) is 2.72. The maximum Gasteiger partial charge on any atom is 0.251 e. The zero-order valence-electron chi connectivity index (χ0n) is 10.7. The normalized spacial score (nSPS) is 10.4. The van der Waals surface area contributed by atoms with E-state index in [-0.39, 0.29) is 23.0 Å². The Morgan fingerprint density at radius 2 is 1.95 bits per heavy atom. The van der Waals surface area contributed by atoms with Gasteiger partial charge >= 0.3 is 0 Å². The summed E-state index contributed by atoms with van der Waals surface area (Å²) in [4.78, 5) is 11.9. The van der Waals surface area contributed by atoms with Crippen molar-refractivity contribution in [2.45, 2.75) is 13.5 Å². The highest BCUT2D eigenvalue weighted by Crippen LogP contribution is 2.20. The largest absolute Gasteiger partial charge is 0.508 e. The molecule has 2 rings (SSSR count). The van der Waals surface area contributed by atoms with Crippen LogP contribution < -0.4 is 5.32 Å². The predicted octanol–water partition coefficient (Wildman–Crippen LogP) is 1.07. The number of amides is 1. The van der Waals surface area contributed by atoms with Crippen molar-refractivity contribution < 1.29 is 15.0 Å². The second kappa shape index (κ2) is 5.01. The molecule has 6 heteroatoms. The molecule has 0 spiro atoms. The van der Waals surface area contributed by atoms with Crippen LogP contribution in [0.2, 0.25) is 0 Å². The van der Waals surface area contributed by atoms with Gasteiger partial charge in [-0.15, -0.1) is 0 Å². The van der Waals surface area contributed by atoms with Gasteiger partial charge in [0, 0.05) is 37.0 Å². The van der Waals surface area contributed by atoms with E-state index in [0.29, 0.717) is 6.54 Å². The number of nitrogens with one attached hydrogen (secondary N) is 1. The fourth-order valence-corrected chi connectivity index (χ4v) is 1.83. The number of aromatic nitrogens is 2. The van der Waals surface area contributed by atoms with E-state index in [1.165, 1.54) is 18.2 Å². The Balaban J connectivity index is 2.07. The maximum absolute atomic E-state index is 11.9. The lowest BCUT2D eigenvalue weighted by molar-refractivity contribution is 0.0950. The molecule has 1 heterocycles. The van der Waals surface area contributed by atoms with Crippen molar-refractivity contribution >= 4 is 5.91 Å². The van der Waals surface area contributed by atoms with E-state index in [1.807, 2.05) is 20.2 Å². The topological polar surface area (TPSA) is 87.4 Å². The van der Waals surface area contributed by atoms with Gasteiger partial charge in [-0.2, -0.15) is 5.10 Å². The number of nitrogens with zero attached hydrogens (tertiary/aromatic N) is 2. The number of phenolic OH excluding ortho intramolecular Hbond substituents is 2. The number of hydrogen-bond acceptors (Lipinski definition) is 4. The van der Waals surface area contributed by atoms with Gasteiger partial charge in [-0.05, 0) is 19.1 Å². The molecule has 0 aliphatic rings. The van der Waals surface area contributed by atoms with Crippen LogP contribution in [-0.4, -0.2) is 25.9 Å². The molecule has 0 bridgehead atoms. The number of hydrogen-bond donors (Lipinski definition) is 3. The van der Waals surface area contributed by atoms with Crippen molar-refractivity contribution in [3.8, 4) is 11.5 Å². The number of benzene rings is 1. The summed E-state index contributed by atoms with van der Waals surface area (Å²) in [5, 5.41) is 25.5. The van der Waals surface area contributed by atoms with Gasteiger partial charge in [-0.25, -0.2) is 0 Å². The summed E-state index contributed by atoms with van der Waals surface area (Å²) in [7, 11) is 1.81. The molecular weight excluding hydrogens is 246 g/mol. The number of aryl methyl sites for hydroxylation is 2. The lowest BCUT2D eigenvalue weighted by Gasteiger charge is -2.05. The van der Waals surface area contributed by atoms with Crippen molar-refractivity contribution in [1.82, 2.24) is 15.1 Å². The summed E-state index contributed by atoms with van der Waals surface area (Å²) in [5.74, 6) is -0.667. The highest BCUT2D eigenvalue weighted by atomic mass is 16.3. The van der Waals surface area contributed by atoms with Crippen molar-refractivity contribution in [2.24, 2.45) is 7.05 Å². The molecule has 0 unspecified atom stereocenters. The molecule has 2 aromatic rings. The Morgan fingerprint density at radius 3 is 2.47 bits per heavy atom. The van der Waals surface area contributed by atoms with Crippen LogP contribution in [0.4, 0.5) is 0 Å². The van der Waals surface area contributed by atoms with Crippen LogP contribution in [0.25, 0.3) is 0 Å². The second-order valence-corrected chi connectivity index (χ2v) is 4.33. The second-order valence-electron chi connectivity index (χ2n) is 4.33. The van der Waals surface area contributed by atoms with Crippen LogP contribution in [0.1, 0.15) is 21.6 Å². The number of carbonyl (C=O) groups excluding carboxylic acids is 1. The van der Waals surface area contributed by atoms with Gasteiger partial charge in [0.15, 0.2) is 0 Å². The van der Waals surface area contributed by atoms with Crippen LogP contribution in [0.15, 0.2) is 24.4 Å². The molecule has 0 radical (unpaired) electrons. The number of phenols is 2. The van der Waals surface area contributed by atoms with Crippen molar-refractivity contribution in [2.75, 3.05) is 0 Å². The molecule has 0 fully saturated rings. The Morgan fingerprint density at radius 1 is 1.32 bits per heavy atom. The Hall–Kier alpha value is -2.50. The van der Waals surface area contributed by atoms with Gasteiger partial charge in [0.1, 0.15) is 11.5 Å². The summed E-state index contributed by atoms with van der Waals surface area (Å²) in [6.45, 7) is 2.20. The van der Waals surface area contributed by atoms with Crippen LogP contribution >= 0.6 is 0 Å². The minimum absolute atomic E-state index is 0.150. The van der Waals surface area contributed by atoms with E-state index in [1.54, 1.807) is 4.68 Å². The minimum Gasteiger partial charge on any atom is -0.508 e. The van der Waals surface area contributed by atoms with E-state index in [0.717, 1.165) is 11.3 Å². The standard InChI is InChI=1S/C13H15N3O3/c1-8-10(7-16(2)15-8)6-14-13(19)9-3-11(17)5-12(18)4-9/h3-5,7,17-18H,6H2,1-2H3,(H,14,19). The Bertz CT molecular complexity index is 599. The van der Waals surface area contributed by atoms with E-state index in [4.69, 9.17) is 0 Å². The lowest BCUT2D eigenvalue weighted by atomic mass is 10.2. The van der Waals surface area contributed by atoms with Gasteiger partial charge in [-0.3, -0.25) is 9.48 Å². The Kier molecular flexibility index (Phi) is 3.41. The fourth-order valence-electron chi connectivity index (χ4n) is 1.83. The molecule has 1 amide bonds. The quantitative estimate of drug-likeness (QED) is 0.771. The van der Waals surface area contributed by atoms with Gasteiger partial charge in [-0.1, -0.05) is 0 Å². The van der Waals surface area contributed by atoms with E-state index in [9.17, 15) is 15.0 Å². The first-order chi connectivity index (χ1) is 8.95. The average molecular weight is 261 g/mol. The monoisotopic (exact) mass is 261 g/mol. The smallest absolute Gasteiger partial charge is 0.251 e. The molecule has 0 atom stereocenters. The highest BCUT2D eigenvalue weighted by Gasteiger charge is 2.10. The molecule has 0 aliphatic carbocycles. The van der Waals surface area contributed by atoms with E-state index in [2.05, 4.69) is 10.4 Å². The summed E-state index contributed by atoms with van der Waals surface area (Å²) in [6.07, 6.45) is 1.83. The van der Waals surface area contributed by atoms with Crippen LogP contribution in [0.5, 0.6) is 11.5 Å². The zero-order valence-corrected chi connectivity index (χ0v) is 10.7. The van der Waals surface area contributed by atoms with Crippen LogP contribution in [0, 0.1) is 6.92 Å². The fraction of sp³-hybridized carbons (Fsp3) is 0.231. The van der Waals surface area contributed by atoms with E-state index >= 15 is 0 Å². The summed E-state index contributed by atoms with van der Waals surface area (Å²) < 4.78 is 1.68. The maximum atomic E-state index is 11.9. The summed E-state index contributed by atoms with van der Waals surface area (Å²) >= 11 is 0. The molecule has 0 saturated heterocycles. The molecule has 19 heavy (non-hydrogen) atoms. The first-order valence-corrected chi connectivity index (χ1v) is 5.76. The Labute approximate surface area is 110 Å². The lowest BCUT2D eigenvalue weighted by Crippen LogP contribution is -2.22. The van der Waals surface area contributed by atoms with Gasteiger partial charge in [0.05, 0.1) is 5.69 Å². The molecular formula is C13H15N3O3. The van der Waals surface area contributed by atoms with E-state index < -0.39 is 0 Å². The number of rotatable bonds is 3. The molecule has 1 aromatic carbocycles. The molecule has 1 aromatic heterocycles.